The summed E-state index contributed by atoms with van der Waals surface area (Å²) in [5.41, 5.74) is 5.83. The van der Waals surface area contributed by atoms with E-state index in [1.807, 2.05) is 0 Å². The zero-order chi connectivity index (χ0) is 19.0. The number of benzene rings is 1. The normalized spacial score (nSPS) is 35.3. The Kier molecular flexibility index (Phi) is 5.11. The van der Waals surface area contributed by atoms with Gasteiger partial charge in [0.2, 0.25) is 0 Å². The van der Waals surface area contributed by atoms with E-state index in [0.717, 1.165) is 38.7 Å². The molecule has 0 saturated heterocycles. The highest BCUT2D eigenvalue weighted by molar-refractivity contribution is 5.85. The molecular weight excluding hydrogens is 332 g/mol. The third kappa shape index (κ3) is 3.45. The molecular formula is C25H32O2. The predicted molar refractivity (Wildman–Crippen MR) is 109 cm³/mol. The summed E-state index contributed by atoms with van der Waals surface area (Å²) in [5.74, 6) is 1.49. The van der Waals surface area contributed by atoms with E-state index in [4.69, 9.17) is 4.74 Å². The van der Waals surface area contributed by atoms with Gasteiger partial charge >= 0.3 is 0 Å². The van der Waals surface area contributed by atoms with E-state index in [2.05, 4.69) is 50.3 Å². The molecule has 0 aliphatic heterocycles. The highest BCUT2D eigenvalue weighted by atomic mass is 16.5. The Morgan fingerprint density at radius 3 is 2.70 bits per heavy atom. The largest absolute Gasteiger partial charge is 0.384 e. The summed E-state index contributed by atoms with van der Waals surface area (Å²) in [6.45, 7) is 5.32. The van der Waals surface area contributed by atoms with E-state index in [0.29, 0.717) is 24.0 Å². The van der Waals surface area contributed by atoms with Gasteiger partial charge in [0.15, 0.2) is 0 Å². The fourth-order valence-corrected chi connectivity index (χ4v) is 5.73. The van der Waals surface area contributed by atoms with E-state index < -0.39 is 0 Å². The van der Waals surface area contributed by atoms with Crippen LogP contribution in [-0.4, -0.2) is 19.5 Å². The molecule has 0 spiro atoms. The molecule has 0 bridgehead atoms. The summed E-state index contributed by atoms with van der Waals surface area (Å²) in [5, 5.41) is 0. The quantitative estimate of drug-likeness (QED) is 0.656. The fourth-order valence-electron chi connectivity index (χ4n) is 5.73. The van der Waals surface area contributed by atoms with Crippen molar-refractivity contribution in [3.63, 3.8) is 0 Å². The predicted octanol–water partition coefficient (Wildman–Crippen LogP) is 5.53. The molecule has 1 unspecified atom stereocenters. The second-order valence-corrected chi connectivity index (χ2v) is 9.07. The average molecular weight is 365 g/mol. The number of methoxy groups -OCH3 is 1. The van der Waals surface area contributed by atoms with Gasteiger partial charge in [-0.25, -0.2) is 0 Å². The molecule has 0 amide bonds. The van der Waals surface area contributed by atoms with Gasteiger partial charge in [0.25, 0.3) is 0 Å². The van der Waals surface area contributed by atoms with Crippen molar-refractivity contribution in [1.82, 2.24) is 0 Å². The molecule has 1 saturated carbocycles. The maximum Gasteiger partial charge on any atom is 0.140 e. The number of carbonyl (C=O) groups is 1. The topological polar surface area (TPSA) is 26.3 Å². The van der Waals surface area contributed by atoms with Crippen LogP contribution in [0.2, 0.25) is 0 Å². The molecule has 3 aliphatic rings. The summed E-state index contributed by atoms with van der Waals surface area (Å²) in [4.78, 5) is 13.2. The third-order valence-corrected chi connectivity index (χ3v) is 7.36. The minimum atomic E-state index is 0.0455. The highest BCUT2D eigenvalue weighted by Crippen LogP contribution is 2.53. The number of fused-ring (bicyclic) bond motifs is 2. The van der Waals surface area contributed by atoms with Gasteiger partial charge in [0, 0.05) is 30.8 Å². The van der Waals surface area contributed by atoms with Crippen LogP contribution in [0.1, 0.15) is 51.5 Å². The molecule has 2 nitrogen and oxygen atoms in total. The number of carbonyl (C=O) groups excluding carboxylic acids is 1. The van der Waals surface area contributed by atoms with Crippen molar-refractivity contribution in [2.24, 2.45) is 23.2 Å². The van der Waals surface area contributed by atoms with Gasteiger partial charge in [-0.1, -0.05) is 67.0 Å². The van der Waals surface area contributed by atoms with Crippen molar-refractivity contribution in [2.75, 3.05) is 13.7 Å². The number of hydrogen-bond donors (Lipinski definition) is 0. The molecule has 2 heteroatoms. The second-order valence-electron chi connectivity index (χ2n) is 9.07. The van der Waals surface area contributed by atoms with E-state index >= 15 is 0 Å². The fraction of sp³-hybridized carbons (Fsp3) is 0.560. The monoisotopic (exact) mass is 364 g/mol. The number of hydrogen-bond acceptors (Lipinski definition) is 2. The maximum absolute atomic E-state index is 13.2. The lowest BCUT2D eigenvalue weighted by Gasteiger charge is -2.33. The van der Waals surface area contributed by atoms with Gasteiger partial charge in [0.05, 0.1) is 6.61 Å². The van der Waals surface area contributed by atoms with Crippen LogP contribution in [0.3, 0.4) is 0 Å². The lowest BCUT2D eigenvalue weighted by atomic mass is 9.70. The first-order valence-corrected chi connectivity index (χ1v) is 10.5. The van der Waals surface area contributed by atoms with Crippen molar-refractivity contribution in [3.8, 4) is 0 Å². The first kappa shape index (κ1) is 18.7. The first-order valence-electron chi connectivity index (χ1n) is 10.5. The Labute approximate surface area is 163 Å². The van der Waals surface area contributed by atoms with E-state index in [9.17, 15) is 4.79 Å². The average Bonchev–Trinajstić information content (AvgIpc) is 3.17. The molecule has 1 aromatic rings. The molecule has 0 heterocycles. The van der Waals surface area contributed by atoms with Crippen LogP contribution in [0.15, 0.2) is 53.1 Å². The molecule has 1 fully saturated rings. The van der Waals surface area contributed by atoms with Crippen LogP contribution in [0, 0.1) is 23.2 Å². The summed E-state index contributed by atoms with van der Waals surface area (Å²) in [6.07, 6.45) is 8.77. The maximum atomic E-state index is 13.2. The van der Waals surface area contributed by atoms with Gasteiger partial charge in [0.1, 0.15) is 5.78 Å². The summed E-state index contributed by atoms with van der Waals surface area (Å²) >= 11 is 0. The van der Waals surface area contributed by atoms with Crippen LogP contribution in [0.4, 0.5) is 0 Å². The smallest absolute Gasteiger partial charge is 0.140 e. The van der Waals surface area contributed by atoms with Crippen molar-refractivity contribution >= 4 is 5.78 Å². The van der Waals surface area contributed by atoms with Crippen LogP contribution in [-0.2, 0) is 16.0 Å². The molecule has 4 rings (SSSR count). The zero-order valence-electron chi connectivity index (χ0n) is 17.0. The third-order valence-electron chi connectivity index (χ3n) is 7.36. The molecule has 1 aromatic carbocycles. The van der Waals surface area contributed by atoms with Crippen LogP contribution >= 0.6 is 0 Å². The molecule has 4 atom stereocenters. The molecule has 0 radical (unpaired) electrons. The number of Topliss-reactive ketones (excluding diaryl/α,β-unsaturated/α-hetero) is 1. The van der Waals surface area contributed by atoms with E-state index in [1.54, 1.807) is 7.11 Å². The van der Waals surface area contributed by atoms with Crippen molar-refractivity contribution in [2.45, 2.75) is 52.4 Å². The van der Waals surface area contributed by atoms with Crippen molar-refractivity contribution < 1.29 is 9.53 Å². The first-order chi connectivity index (χ1) is 13.0. The van der Waals surface area contributed by atoms with Crippen molar-refractivity contribution in [1.29, 1.82) is 0 Å². The SMILES string of the molecule is COC[C@H]1CCC2/C1=C\[C@@]1(C)CCC(Cc3ccccc3)=C1CC(=O)[C@H]2C. The zero-order valence-corrected chi connectivity index (χ0v) is 17.0. The molecule has 0 aromatic heterocycles. The van der Waals surface area contributed by atoms with Crippen LogP contribution in [0.5, 0.6) is 0 Å². The Bertz CT molecular complexity index is 773. The van der Waals surface area contributed by atoms with Crippen LogP contribution in [0.25, 0.3) is 0 Å². The molecule has 27 heavy (non-hydrogen) atoms. The molecule has 0 N–H and O–H groups in total. The van der Waals surface area contributed by atoms with Gasteiger partial charge in [-0.15, -0.1) is 0 Å². The summed E-state index contributed by atoms with van der Waals surface area (Å²) in [6, 6.07) is 10.7. The summed E-state index contributed by atoms with van der Waals surface area (Å²) in [7, 11) is 1.80. The van der Waals surface area contributed by atoms with Crippen molar-refractivity contribution in [3.05, 3.63) is 58.7 Å². The molecule has 144 valence electrons. The number of rotatable bonds is 4. The Balaban J connectivity index is 1.74. The number of ketones is 1. The summed E-state index contributed by atoms with van der Waals surface area (Å²) < 4.78 is 5.52. The number of allylic oxidation sites excluding steroid dienone is 3. The Morgan fingerprint density at radius 2 is 1.96 bits per heavy atom. The van der Waals surface area contributed by atoms with Crippen LogP contribution < -0.4 is 0 Å². The van der Waals surface area contributed by atoms with Gasteiger partial charge < -0.3 is 4.74 Å². The Morgan fingerprint density at radius 1 is 1.19 bits per heavy atom. The van der Waals surface area contributed by atoms with Gasteiger partial charge in [-0.05, 0) is 43.6 Å². The standard InChI is InChI=1S/C25H32O2/c1-17-21-10-9-20(16-27-3)22(21)15-25(2)12-11-19(23(25)14-24(17)26)13-18-7-5-4-6-8-18/h4-8,15,17,20-21H,9-14,16H2,1-3H3/b22-15-/t17-,20+,21?,25+/m0/s1. The minimum absolute atomic E-state index is 0.0455. The Hall–Kier alpha value is -1.67. The molecule has 3 aliphatic carbocycles. The van der Waals surface area contributed by atoms with Gasteiger partial charge in [-0.3, -0.25) is 4.79 Å². The highest BCUT2D eigenvalue weighted by Gasteiger charge is 2.44. The van der Waals surface area contributed by atoms with Gasteiger partial charge in [-0.2, -0.15) is 0 Å². The van der Waals surface area contributed by atoms with E-state index in [1.165, 1.54) is 22.3 Å². The lowest BCUT2D eigenvalue weighted by molar-refractivity contribution is -0.123. The van der Waals surface area contributed by atoms with E-state index in [-0.39, 0.29) is 11.3 Å². The minimum Gasteiger partial charge on any atom is -0.384 e. The lowest BCUT2D eigenvalue weighted by Crippen LogP contribution is -2.29. The second kappa shape index (κ2) is 7.39. The number of ether oxygens (including phenoxy) is 1.